The highest BCUT2D eigenvalue weighted by molar-refractivity contribution is 6.33. The first kappa shape index (κ1) is 18.9. The van der Waals surface area contributed by atoms with Crippen molar-refractivity contribution in [3.05, 3.63) is 56.0 Å². The van der Waals surface area contributed by atoms with Crippen LogP contribution in [0.1, 0.15) is 22.4 Å². The number of aromatic amines is 1. The predicted molar refractivity (Wildman–Crippen MR) is 77.0 cm³/mol. The summed E-state index contributed by atoms with van der Waals surface area (Å²) in [5.74, 6) is 0. The fourth-order valence-corrected chi connectivity index (χ4v) is 2.59. The maximum Gasteiger partial charge on any atom is 0.417 e. The van der Waals surface area contributed by atoms with Crippen LogP contribution in [0.5, 0.6) is 0 Å². The monoisotopic (exact) mass is 380 g/mol. The molecule has 0 saturated heterocycles. The molecule has 2 aromatic rings. The van der Waals surface area contributed by atoms with E-state index in [9.17, 15) is 31.1 Å². The zero-order chi connectivity index (χ0) is 19.2. The number of rotatable bonds is 1. The lowest BCUT2D eigenvalue weighted by Gasteiger charge is -2.18. The Kier molecular flexibility index (Phi) is 4.61. The van der Waals surface area contributed by atoms with Crippen molar-refractivity contribution in [3.63, 3.8) is 0 Å². The minimum Gasteiger partial charge on any atom is -0.325 e. The molecule has 0 atom stereocenters. The summed E-state index contributed by atoms with van der Waals surface area (Å²) >= 11 is 5.69. The lowest BCUT2D eigenvalue weighted by atomic mass is 9.94. The molecule has 1 aromatic carbocycles. The first-order chi connectivity index (χ1) is 11.4. The molecule has 10 heteroatoms. The van der Waals surface area contributed by atoms with Crippen LogP contribution in [0.4, 0.5) is 26.3 Å². The van der Waals surface area contributed by atoms with Crippen LogP contribution in [0.3, 0.4) is 0 Å². The number of benzene rings is 1. The number of nitriles is 1. The van der Waals surface area contributed by atoms with Gasteiger partial charge in [0.15, 0.2) is 0 Å². The van der Waals surface area contributed by atoms with Gasteiger partial charge in [0.1, 0.15) is 11.6 Å². The van der Waals surface area contributed by atoms with Gasteiger partial charge in [-0.15, -0.1) is 0 Å². The number of halogens is 7. The van der Waals surface area contributed by atoms with Gasteiger partial charge in [0, 0.05) is 21.8 Å². The molecule has 25 heavy (non-hydrogen) atoms. The Labute approximate surface area is 141 Å². The number of pyridine rings is 1. The Morgan fingerprint density at radius 1 is 1.08 bits per heavy atom. The van der Waals surface area contributed by atoms with E-state index in [-0.39, 0.29) is 11.8 Å². The van der Waals surface area contributed by atoms with Crippen molar-refractivity contribution < 1.29 is 26.3 Å². The van der Waals surface area contributed by atoms with Crippen LogP contribution in [-0.4, -0.2) is 4.98 Å². The number of hydrogen-bond acceptors (Lipinski definition) is 2. The van der Waals surface area contributed by atoms with Crippen LogP contribution in [0.2, 0.25) is 5.02 Å². The molecule has 1 heterocycles. The fourth-order valence-electron chi connectivity index (χ4n) is 2.26. The highest BCUT2D eigenvalue weighted by Gasteiger charge is 2.40. The molecule has 132 valence electrons. The van der Waals surface area contributed by atoms with Crippen molar-refractivity contribution >= 4 is 11.6 Å². The first-order valence-electron chi connectivity index (χ1n) is 6.48. The summed E-state index contributed by atoms with van der Waals surface area (Å²) in [6.45, 7) is 1.34. The topological polar surface area (TPSA) is 56.6 Å². The van der Waals surface area contributed by atoms with E-state index in [1.54, 1.807) is 0 Å². The number of aryl methyl sites for hydroxylation is 1. The second kappa shape index (κ2) is 6.11. The van der Waals surface area contributed by atoms with Crippen molar-refractivity contribution in [1.82, 2.24) is 4.98 Å². The van der Waals surface area contributed by atoms with Crippen LogP contribution in [0.25, 0.3) is 11.1 Å². The molecule has 0 saturated carbocycles. The van der Waals surface area contributed by atoms with Gasteiger partial charge in [0.05, 0.1) is 11.1 Å². The van der Waals surface area contributed by atoms with E-state index in [1.165, 1.54) is 13.0 Å². The average Bonchev–Trinajstić information content (AvgIpc) is 2.43. The molecule has 0 aliphatic rings. The van der Waals surface area contributed by atoms with Crippen molar-refractivity contribution in [2.24, 2.45) is 0 Å². The Balaban J connectivity index is 2.98. The summed E-state index contributed by atoms with van der Waals surface area (Å²) in [4.78, 5) is 14.0. The number of nitrogens with zero attached hydrogens (tertiary/aromatic N) is 1. The zero-order valence-corrected chi connectivity index (χ0v) is 13.0. The van der Waals surface area contributed by atoms with Crippen LogP contribution in [0.15, 0.2) is 23.0 Å². The van der Waals surface area contributed by atoms with Gasteiger partial charge in [-0.25, -0.2) is 0 Å². The minimum atomic E-state index is -5.19. The lowest BCUT2D eigenvalue weighted by molar-refractivity contribution is -0.142. The van der Waals surface area contributed by atoms with Crippen LogP contribution in [0, 0.1) is 18.3 Å². The molecule has 0 fully saturated rings. The summed E-state index contributed by atoms with van der Waals surface area (Å²) < 4.78 is 78.4. The largest absolute Gasteiger partial charge is 0.417 e. The smallest absolute Gasteiger partial charge is 0.325 e. The minimum absolute atomic E-state index is 0.0983. The van der Waals surface area contributed by atoms with E-state index in [2.05, 4.69) is 4.98 Å². The molecule has 1 aromatic heterocycles. The van der Waals surface area contributed by atoms with E-state index in [0.717, 1.165) is 6.07 Å². The van der Waals surface area contributed by atoms with Gasteiger partial charge in [-0.2, -0.15) is 31.6 Å². The molecule has 1 N–H and O–H groups in total. The van der Waals surface area contributed by atoms with Crippen molar-refractivity contribution in [2.45, 2.75) is 19.3 Å². The van der Waals surface area contributed by atoms with Crippen LogP contribution < -0.4 is 5.56 Å². The van der Waals surface area contributed by atoms with Gasteiger partial charge < -0.3 is 4.98 Å². The highest BCUT2D eigenvalue weighted by Crippen LogP contribution is 2.45. The number of aromatic nitrogens is 1. The van der Waals surface area contributed by atoms with Crippen LogP contribution >= 0.6 is 11.6 Å². The summed E-state index contributed by atoms with van der Waals surface area (Å²) in [6, 6.07) is 2.72. The molecule has 2 rings (SSSR count). The average molecular weight is 381 g/mol. The molecule has 0 aliphatic carbocycles. The molecule has 0 amide bonds. The molecule has 0 radical (unpaired) electrons. The Bertz CT molecular complexity index is 937. The zero-order valence-electron chi connectivity index (χ0n) is 12.2. The Morgan fingerprint density at radius 3 is 2.16 bits per heavy atom. The summed E-state index contributed by atoms with van der Waals surface area (Å²) in [5.41, 5.74) is -6.16. The maximum atomic E-state index is 13.3. The summed E-state index contributed by atoms with van der Waals surface area (Å²) in [7, 11) is 0. The predicted octanol–water partition coefficient (Wildman–Crippen LogP) is 4.91. The molecule has 0 aliphatic heterocycles. The van der Waals surface area contributed by atoms with Gasteiger partial charge in [0.25, 0.3) is 5.56 Å². The summed E-state index contributed by atoms with van der Waals surface area (Å²) in [5, 5.41) is 8.17. The third kappa shape index (κ3) is 3.64. The maximum absolute atomic E-state index is 13.3. The first-order valence-corrected chi connectivity index (χ1v) is 6.86. The van der Waals surface area contributed by atoms with E-state index in [0.29, 0.717) is 6.07 Å². The second-order valence-corrected chi connectivity index (χ2v) is 5.47. The molecular formula is C15H7ClF6N2O. The van der Waals surface area contributed by atoms with E-state index in [4.69, 9.17) is 16.9 Å². The number of nitrogens with one attached hydrogen (secondary N) is 1. The van der Waals surface area contributed by atoms with E-state index >= 15 is 0 Å². The third-order valence-electron chi connectivity index (χ3n) is 3.27. The number of H-pyrrole nitrogens is 1. The Hall–Kier alpha value is -2.47. The van der Waals surface area contributed by atoms with Crippen molar-refractivity contribution in [2.75, 3.05) is 0 Å². The molecule has 0 unspecified atom stereocenters. The molecule has 0 bridgehead atoms. The van der Waals surface area contributed by atoms with Gasteiger partial charge in [-0.3, -0.25) is 4.79 Å². The van der Waals surface area contributed by atoms with E-state index < -0.39 is 50.8 Å². The molecule has 3 nitrogen and oxygen atoms in total. The quantitative estimate of drug-likeness (QED) is 0.714. The van der Waals surface area contributed by atoms with E-state index in [1.807, 2.05) is 0 Å². The summed E-state index contributed by atoms with van der Waals surface area (Å²) in [6.07, 6.45) is -10.2. The van der Waals surface area contributed by atoms with Crippen molar-refractivity contribution in [1.29, 1.82) is 5.26 Å². The Morgan fingerprint density at radius 2 is 1.68 bits per heavy atom. The number of hydrogen-bond donors (Lipinski definition) is 1. The van der Waals surface area contributed by atoms with Gasteiger partial charge in [-0.05, 0) is 25.1 Å². The van der Waals surface area contributed by atoms with Gasteiger partial charge in [0.2, 0.25) is 0 Å². The third-order valence-corrected chi connectivity index (χ3v) is 3.57. The number of alkyl halides is 6. The fraction of sp³-hybridized carbons (Fsp3) is 0.200. The SMILES string of the molecule is Cc1cc(-c2c(Cl)cc(C(F)(F)F)cc2C(F)(F)F)c(C#N)c(=O)[nH]1. The van der Waals surface area contributed by atoms with Gasteiger partial charge in [-0.1, -0.05) is 11.6 Å². The standard InChI is InChI=1S/C15H7ClF6N2O/c1-6-2-8(9(5-23)13(25)24-6)12-10(15(20,21)22)3-7(4-11(12)16)14(17,18)19/h2-4H,1H3,(H,24,25). The van der Waals surface area contributed by atoms with Gasteiger partial charge >= 0.3 is 12.4 Å². The lowest BCUT2D eigenvalue weighted by Crippen LogP contribution is -2.16. The highest BCUT2D eigenvalue weighted by atomic mass is 35.5. The second-order valence-electron chi connectivity index (χ2n) is 5.06. The van der Waals surface area contributed by atoms with Crippen molar-refractivity contribution in [3.8, 4) is 17.2 Å². The normalized spacial score (nSPS) is 12.1. The van der Waals surface area contributed by atoms with Crippen LogP contribution in [-0.2, 0) is 12.4 Å². The molecule has 0 spiro atoms. The molecular weight excluding hydrogens is 374 g/mol.